The van der Waals surface area contributed by atoms with Gasteiger partial charge in [-0.15, -0.1) is 0 Å². The van der Waals surface area contributed by atoms with Gasteiger partial charge in [-0.25, -0.2) is 0 Å². The van der Waals surface area contributed by atoms with Crippen LogP contribution in [0.1, 0.15) is 296 Å². The van der Waals surface area contributed by atoms with Crippen LogP contribution in [0.5, 0.6) is 0 Å². The zero-order chi connectivity index (χ0) is 46.5. The van der Waals surface area contributed by atoms with E-state index >= 15 is 0 Å². The molecule has 376 valence electrons. The van der Waals surface area contributed by atoms with E-state index in [0.717, 1.165) is 51.4 Å². The molecule has 0 aliphatic carbocycles. The van der Waals surface area contributed by atoms with Crippen LogP contribution in [0, 0.1) is 0 Å². The first-order chi connectivity index (χ1) is 31.5. The minimum absolute atomic E-state index is 0.00257. The zero-order valence-electron chi connectivity index (χ0n) is 42.8. The second-order valence-corrected chi connectivity index (χ2v) is 19.3. The Morgan fingerprint density at radius 1 is 0.438 bits per heavy atom. The molecule has 6 nitrogen and oxygen atoms in total. The van der Waals surface area contributed by atoms with E-state index in [-0.39, 0.29) is 18.5 Å². The predicted octanol–water partition coefficient (Wildman–Crippen LogP) is 17.2. The van der Waals surface area contributed by atoms with Gasteiger partial charge in [0.05, 0.1) is 25.4 Å². The van der Waals surface area contributed by atoms with Crippen LogP contribution in [0.3, 0.4) is 0 Å². The van der Waals surface area contributed by atoms with Crippen LogP contribution >= 0.6 is 0 Å². The van der Waals surface area contributed by atoms with Gasteiger partial charge < -0.3 is 20.3 Å². The Morgan fingerprint density at radius 3 is 1.20 bits per heavy atom. The van der Waals surface area contributed by atoms with Crippen LogP contribution in [-0.4, -0.2) is 47.4 Å². The van der Waals surface area contributed by atoms with E-state index in [9.17, 15) is 19.8 Å². The summed E-state index contributed by atoms with van der Waals surface area (Å²) in [5.74, 6) is -0.0738. The standard InChI is InChI=1S/C58H109NO5/c1-3-5-7-9-11-13-15-16-17-26-29-32-36-40-44-48-52-58(63)64-53-49-45-41-37-33-30-27-24-22-20-18-19-21-23-25-28-31-35-39-43-47-51-57(62)59-55(54-60)56(61)50-46-42-38-34-14-12-10-8-6-4-2/h13,15,17,26,46,50,55-56,60-61H,3-12,14,16,18-25,27-45,47-49,51-54H2,1-2H3,(H,59,62)/b15-13-,26-17-,50-46+. The lowest BCUT2D eigenvalue weighted by Crippen LogP contribution is -2.45. The van der Waals surface area contributed by atoms with Crippen LogP contribution in [0.2, 0.25) is 0 Å². The fourth-order valence-electron chi connectivity index (χ4n) is 8.55. The third kappa shape index (κ3) is 49.5. The number of unbranched alkanes of at least 4 members (excludes halogenated alkanes) is 37. The third-order valence-electron chi connectivity index (χ3n) is 12.9. The summed E-state index contributed by atoms with van der Waals surface area (Å²) >= 11 is 0. The average Bonchev–Trinajstić information content (AvgIpc) is 3.29. The molecule has 64 heavy (non-hydrogen) atoms. The number of aliphatic hydroxyl groups excluding tert-OH is 2. The van der Waals surface area contributed by atoms with E-state index < -0.39 is 12.1 Å². The van der Waals surface area contributed by atoms with Gasteiger partial charge in [-0.2, -0.15) is 0 Å². The number of amides is 1. The Morgan fingerprint density at radius 2 is 0.781 bits per heavy atom. The quantitative estimate of drug-likeness (QED) is 0.0321. The molecular weight excluding hydrogens is 791 g/mol. The number of carbonyl (C=O) groups excluding carboxylic acids is 2. The van der Waals surface area contributed by atoms with Crippen molar-refractivity contribution in [2.45, 2.75) is 309 Å². The minimum atomic E-state index is -0.843. The fraction of sp³-hybridized carbons (Fsp3) is 0.862. The number of esters is 1. The number of hydrogen-bond acceptors (Lipinski definition) is 5. The Labute approximate surface area is 398 Å². The first-order valence-electron chi connectivity index (χ1n) is 28.3. The highest BCUT2D eigenvalue weighted by Crippen LogP contribution is 2.16. The predicted molar refractivity (Wildman–Crippen MR) is 278 cm³/mol. The number of nitrogens with one attached hydrogen (secondary N) is 1. The molecule has 0 spiro atoms. The van der Waals surface area contributed by atoms with Gasteiger partial charge in [0.2, 0.25) is 5.91 Å². The molecule has 0 aromatic rings. The smallest absolute Gasteiger partial charge is 0.305 e. The largest absolute Gasteiger partial charge is 0.466 e. The molecule has 1 amide bonds. The summed E-state index contributed by atoms with van der Waals surface area (Å²) in [5.41, 5.74) is 0. The molecule has 0 heterocycles. The van der Waals surface area contributed by atoms with E-state index in [4.69, 9.17) is 4.74 Å². The monoisotopic (exact) mass is 900 g/mol. The summed E-state index contributed by atoms with van der Waals surface area (Å²) < 4.78 is 5.48. The van der Waals surface area contributed by atoms with E-state index in [1.54, 1.807) is 6.08 Å². The van der Waals surface area contributed by atoms with Crippen LogP contribution in [-0.2, 0) is 14.3 Å². The molecule has 6 heteroatoms. The van der Waals surface area contributed by atoms with Crippen molar-refractivity contribution in [1.29, 1.82) is 0 Å². The lowest BCUT2D eigenvalue weighted by atomic mass is 10.0. The molecule has 0 fully saturated rings. The third-order valence-corrected chi connectivity index (χ3v) is 12.9. The van der Waals surface area contributed by atoms with Gasteiger partial charge in [0, 0.05) is 12.8 Å². The molecule has 0 aromatic heterocycles. The van der Waals surface area contributed by atoms with Crippen molar-refractivity contribution in [1.82, 2.24) is 5.32 Å². The lowest BCUT2D eigenvalue weighted by Gasteiger charge is -2.20. The maximum absolute atomic E-state index is 12.4. The van der Waals surface area contributed by atoms with E-state index in [2.05, 4.69) is 43.5 Å². The molecule has 0 bridgehead atoms. The van der Waals surface area contributed by atoms with Crippen LogP contribution in [0.4, 0.5) is 0 Å². The topological polar surface area (TPSA) is 95.9 Å². The Bertz CT molecular complexity index is 1040. The minimum Gasteiger partial charge on any atom is -0.466 e. The maximum atomic E-state index is 12.4. The van der Waals surface area contributed by atoms with E-state index in [1.807, 2.05) is 6.08 Å². The van der Waals surface area contributed by atoms with E-state index in [1.165, 1.54) is 218 Å². The fourth-order valence-corrected chi connectivity index (χ4v) is 8.55. The summed E-state index contributed by atoms with van der Waals surface area (Å²) in [4.78, 5) is 24.4. The summed E-state index contributed by atoms with van der Waals surface area (Å²) in [7, 11) is 0. The van der Waals surface area contributed by atoms with Crippen molar-refractivity contribution in [3.05, 3.63) is 36.5 Å². The average molecular weight is 901 g/mol. The SMILES string of the molecule is CCCCCC/C=C\C/C=C\CCCCCCCC(=O)OCCCCCCCCCCCCCCCCCCCCCCCC(=O)NC(CO)C(O)/C=C/CCCCCCCCCC. The van der Waals surface area contributed by atoms with Crippen LogP contribution in [0.15, 0.2) is 36.5 Å². The molecule has 0 aliphatic rings. The van der Waals surface area contributed by atoms with E-state index in [0.29, 0.717) is 19.4 Å². The molecular formula is C58H109NO5. The second-order valence-electron chi connectivity index (χ2n) is 19.3. The Kier molecular flexibility index (Phi) is 52.1. The summed E-state index contributed by atoms with van der Waals surface area (Å²) in [6, 6.07) is -0.627. The highest BCUT2D eigenvalue weighted by Gasteiger charge is 2.18. The van der Waals surface area contributed by atoms with Crippen molar-refractivity contribution >= 4 is 11.9 Å². The van der Waals surface area contributed by atoms with Crippen molar-refractivity contribution in [2.75, 3.05) is 13.2 Å². The van der Waals surface area contributed by atoms with Crippen LogP contribution in [0.25, 0.3) is 0 Å². The first kappa shape index (κ1) is 62.1. The van der Waals surface area contributed by atoms with Gasteiger partial charge in [-0.05, 0) is 64.2 Å². The highest BCUT2D eigenvalue weighted by molar-refractivity contribution is 5.76. The maximum Gasteiger partial charge on any atom is 0.305 e. The van der Waals surface area contributed by atoms with Gasteiger partial charge in [0.15, 0.2) is 0 Å². The second kappa shape index (κ2) is 53.7. The van der Waals surface area contributed by atoms with Crippen molar-refractivity contribution in [3.8, 4) is 0 Å². The molecule has 0 saturated carbocycles. The van der Waals surface area contributed by atoms with Crippen LogP contribution < -0.4 is 5.32 Å². The molecule has 0 saturated heterocycles. The van der Waals surface area contributed by atoms with Gasteiger partial charge in [-0.1, -0.05) is 256 Å². The van der Waals surface area contributed by atoms with Crippen molar-refractivity contribution in [2.24, 2.45) is 0 Å². The highest BCUT2D eigenvalue weighted by atomic mass is 16.5. The van der Waals surface area contributed by atoms with Gasteiger partial charge >= 0.3 is 5.97 Å². The molecule has 3 N–H and O–H groups in total. The number of rotatable bonds is 52. The summed E-state index contributed by atoms with van der Waals surface area (Å²) in [5, 5.41) is 23.0. The molecule has 0 aromatic carbocycles. The number of allylic oxidation sites excluding steroid dienone is 5. The first-order valence-corrected chi connectivity index (χ1v) is 28.3. The van der Waals surface area contributed by atoms with Gasteiger partial charge in [0.1, 0.15) is 0 Å². The number of ether oxygens (including phenoxy) is 1. The Balaban J connectivity index is 3.39. The van der Waals surface area contributed by atoms with Gasteiger partial charge in [-0.3, -0.25) is 9.59 Å². The van der Waals surface area contributed by atoms with Crippen molar-refractivity contribution < 1.29 is 24.5 Å². The summed E-state index contributed by atoms with van der Waals surface area (Å²) in [6.07, 6.45) is 66.0. The normalized spacial score (nSPS) is 12.9. The number of carbonyl (C=O) groups is 2. The van der Waals surface area contributed by atoms with Gasteiger partial charge in [0.25, 0.3) is 0 Å². The lowest BCUT2D eigenvalue weighted by molar-refractivity contribution is -0.143. The molecule has 0 radical (unpaired) electrons. The molecule has 2 atom stereocenters. The Hall–Kier alpha value is -1.92. The number of aliphatic hydroxyl groups is 2. The molecule has 2 unspecified atom stereocenters. The summed E-state index contributed by atoms with van der Waals surface area (Å²) in [6.45, 7) is 4.86. The molecule has 0 rings (SSSR count). The molecule has 0 aliphatic heterocycles. The number of hydrogen-bond donors (Lipinski definition) is 3. The zero-order valence-corrected chi connectivity index (χ0v) is 42.8. The van der Waals surface area contributed by atoms with Crippen molar-refractivity contribution in [3.63, 3.8) is 0 Å².